The number of carbonyl (C=O) groups excluding carboxylic acids is 11. The van der Waals surface area contributed by atoms with Crippen LogP contribution >= 0.6 is 11.8 Å². The van der Waals surface area contributed by atoms with Gasteiger partial charge in [-0.05, 0) is 121 Å². The van der Waals surface area contributed by atoms with E-state index in [1.807, 2.05) is 73.8 Å². The Hall–Kier alpha value is -5.78. The zero-order valence-electron chi connectivity index (χ0n) is 58.9. The van der Waals surface area contributed by atoms with Crippen LogP contribution in [0.3, 0.4) is 0 Å². The Balaban J connectivity index is 4.37. The first-order valence-electron chi connectivity index (χ1n) is 31.9. The molecule has 89 heavy (non-hydrogen) atoms. The molecule has 0 aromatic rings. The number of thioether (sulfide) groups is 1. The highest BCUT2D eigenvalue weighted by Crippen LogP contribution is 2.27. The summed E-state index contributed by atoms with van der Waals surface area (Å²) in [6.07, 6.45) is 7.52. The molecule has 510 valence electrons. The number of rotatable bonds is 19. The average Bonchev–Trinajstić information content (AvgIpc) is 3.27. The first-order valence-corrected chi connectivity index (χ1v) is 33.3. The number of nitrogens with zero attached hydrogens (tertiary/aromatic N) is 7. The van der Waals surface area contributed by atoms with E-state index < -0.39 is 149 Å². The van der Waals surface area contributed by atoms with E-state index in [9.17, 15) is 38.4 Å². The van der Waals surface area contributed by atoms with Gasteiger partial charge in [0.2, 0.25) is 65.0 Å². The van der Waals surface area contributed by atoms with Crippen LogP contribution in [-0.2, 0) is 57.5 Å². The maximum absolute atomic E-state index is 15.2. The van der Waals surface area contributed by atoms with Crippen molar-refractivity contribution in [2.45, 2.75) is 235 Å². The summed E-state index contributed by atoms with van der Waals surface area (Å²) < 4.78 is 6.13. The van der Waals surface area contributed by atoms with Gasteiger partial charge in [-0.1, -0.05) is 95.2 Å². The fourth-order valence-electron chi connectivity index (χ4n) is 11.0. The van der Waals surface area contributed by atoms with Crippen molar-refractivity contribution in [1.29, 1.82) is 0 Å². The van der Waals surface area contributed by atoms with Crippen LogP contribution in [0.15, 0.2) is 12.2 Å². The number of ether oxygens (including phenoxy) is 1. The molecule has 1 aliphatic heterocycles. The van der Waals surface area contributed by atoms with E-state index in [1.54, 1.807) is 48.5 Å². The molecule has 0 radical (unpaired) electrons. The summed E-state index contributed by atoms with van der Waals surface area (Å²) >= 11 is 1.42. The minimum atomic E-state index is -1.26. The van der Waals surface area contributed by atoms with Crippen molar-refractivity contribution in [3.05, 3.63) is 12.2 Å². The van der Waals surface area contributed by atoms with Crippen LogP contribution in [0.25, 0.3) is 0 Å². The van der Waals surface area contributed by atoms with Crippen LogP contribution in [-0.4, -0.2) is 233 Å². The molecular weight excluding hydrogens is 1160 g/mol. The fraction of sp³-hybridized carbons (Fsp3) is 0.800. The van der Waals surface area contributed by atoms with Gasteiger partial charge in [-0.25, -0.2) is 0 Å². The van der Waals surface area contributed by atoms with Gasteiger partial charge in [-0.3, -0.25) is 52.7 Å². The summed E-state index contributed by atoms with van der Waals surface area (Å²) in [5.41, 5.74) is -0.996. The third-order valence-corrected chi connectivity index (χ3v) is 17.1. The van der Waals surface area contributed by atoms with Gasteiger partial charge < -0.3 is 60.3 Å². The van der Waals surface area contributed by atoms with Crippen molar-refractivity contribution >= 4 is 76.7 Å². The first-order chi connectivity index (χ1) is 41.1. The summed E-state index contributed by atoms with van der Waals surface area (Å²) in [7, 11) is 10.2. The smallest absolute Gasteiger partial charge is 0.246 e. The van der Waals surface area contributed by atoms with Gasteiger partial charge in [0, 0.05) is 55.8 Å². The molecule has 23 nitrogen and oxygen atoms in total. The summed E-state index contributed by atoms with van der Waals surface area (Å²) in [6.45, 7) is 29.9. The molecule has 11 atom stereocenters. The topological polar surface area (TPSA) is 268 Å². The first kappa shape index (κ1) is 81.2. The lowest BCUT2D eigenvalue weighted by Crippen LogP contribution is -2.61. The summed E-state index contributed by atoms with van der Waals surface area (Å²) in [5.74, 6) is -8.01. The third kappa shape index (κ3) is 24.4. The molecule has 1 aliphatic rings. The summed E-state index contributed by atoms with van der Waals surface area (Å²) in [5, 5.41) is 11.2. The van der Waals surface area contributed by atoms with Crippen molar-refractivity contribution in [3.63, 3.8) is 0 Å². The molecule has 4 N–H and O–H groups in total. The minimum absolute atomic E-state index is 0.0469. The van der Waals surface area contributed by atoms with E-state index in [2.05, 4.69) is 21.3 Å². The summed E-state index contributed by atoms with van der Waals surface area (Å²) in [6, 6.07) is -11.8. The minimum Gasteiger partial charge on any atom is -0.365 e. The van der Waals surface area contributed by atoms with Crippen LogP contribution in [0.2, 0.25) is 0 Å². The second-order valence-electron chi connectivity index (χ2n) is 27.3. The molecular formula is C65H117N11O12S. The summed E-state index contributed by atoms with van der Waals surface area (Å²) in [4.78, 5) is 171. The van der Waals surface area contributed by atoms with E-state index in [4.69, 9.17) is 4.74 Å². The molecule has 0 unspecified atom stereocenters. The molecule has 1 saturated heterocycles. The van der Waals surface area contributed by atoms with Crippen molar-refractivity contribution in [3.8, 4) is 0 Å². The maximum Gasteiger partial charge on any atom is 0.246 e. The van der Waals surface area contributed by atoms with Crippen LogP contribution in [0.5, 0.6) is 0 Å². The molecule has 1 fully saturated rings. The molecule has 1 heterocycles. The Morgan fingerprint density at radius 1 is 0.539 bits per heavy atom. The Kier molecular flexibility index (Phi) is 34.3. The van der Waals surface area contributed by atoms with E-state index in [0.29, 0.717) is 12.8 Å². The van der Waals surface area contributed by atoms with Crippen molar-refractivity contribution in [2.75, 3.05) is 68.1 Å². The van der Waals surface area contributed by atoms with E-state index in [-0.39, 0.29) is 68.1 Å². The van der Waals surface area contributed by atoms with E-state index >= 15 is 14.4 Å². The zero-order chi connectivity index (χ0) is 68.9. The second kappa shape index (κ2) is 37.5. The Morgan fingerprint density at radius 2 is 1.02 bits per heavy atom. The van der Waals surface area contributed by atoms with Crippen molar-refractivity contribution in [2.24, 2.45) is 35.5 Å². The number of hydrogen-bond donors (Lipinski definition) is 4. The molecule has 0 aromatic carbocycles. The van der Waals surface area contributed by atoms with Gasteiger partial charge in [0.1, 0.15) is 60.4 Å². The molecule has 0 aromatic heterocycles. The van der Waals surface area contributed by atoms with Crippen molar-refractivity contribution < 1.29 is 57.5 Å². The Bertz CT molecular complexity index is 2420. The highest BCUT2D eigenvalue weighted by atomic mass is 32.2. The number of carbonyl (C=O) groups is 11. The largest absolute Gasteiger partial charge is 0.365 e. The number of likely N-dealkylation sites (N-methyl/N-ethyl adjacent to an activating group) is 7. The van der Waals surface area contributed by atoms with Crippen LogP contribution < -0.4 is 21.3 Å². The lowest BCUT2D eigenvalue weighted by molar-refractivity contribution is -0.156. The lowest BCUT2D eigenvalue weighted by atomic mass is 9.94. The number of hydrogen-bond acceptors (Lipinski definition) is 13. The predicted octanol–water partition coefficient (Wildman–Crippen LogP) is 5.15. The maximum atomic E-state index is 15.2. The van der Waals surface area contributed by atoms with Gasteiger partial charge in [-0.2, -0.15) is 0 Å². The van der Waals surface area contributed by atoms with E-state index in [1.165, 1.54) is 104 Å². The quantitative estimate of drug-likeness (QED) is 0.0965. The molecule has 11 amide bonds. The normalized spacial score (nSPS) is 26.0. The monoisotopic (exact) mass is 1280 g/mol. The predicted molar refractivity (Wildman–Crippen MR) is 350 cm³/mol. The highest BCUT2D eigenvalue weighted by Gasteiger charge is 2.44. The van der Waals surface area contributed by atoms with Crippen molar-refractivity contribution in [1.82, 2.24) is 55.6 Å². The molecule has 0 saturated carbocycles. The van der Waals surface area contributed by atoms with Gasteiger partial charge in [0.25, 0.3) is 0 Å². The van der Waals surface area contributed by atoms with Gasteiger partial charge in [0.05, 0.1) is 18.1 Å². The Morgan fingerprint density at radius 3 is 1.53 bits per heavy atom. The van der Waals surface area contributed by atoms with Gasteiger partial charge >= 0.3 is 0 Å². The zero-order valence-corrected chi connectivity index (χ0v) is 59.7. The molecule has 24 heteroatoms. The SMILES string of the molecule is C/C=C/C[C@@H](C)C[C@@H]1C(=O)N[C@H](CC)C(=O)N(C)CC(=O)N(C)[C@@H](CC(C)(C)OCSC)C(=O)N[C@H](C(C)C)C(=O)N(C)[C@H](CC(C)C)C(=O)N[C@H](C)C(=O)N[C@@H](C)C(=O)N(C)[C@@H](CC(C)C)C(=O)N(C)[C@H](CCC(C)C)C(=O)N(C)[C@H](C(C)C)C(=O)N1C. The standard InChI is InChI=1S/C65H117N11O12S/c1-26-28-29-43(13)34-49-57(80)68-46(27-2)60(83)70(18)36-52(77)71(19)51(35-65(16,17)88-37-89-25)58(81)69-53(41(9)10)63(86)73(21)48(32-39(5)6)56(79)66-44(14)55(78)67-45(15)59(82)75(23)50(33-40(7)8)62(85)72(20)47(31-30-38(3)4)61(84)76(24)54(42(11)12)64(87)74(49)22/h26,28,38-51,53-54H,27,29-37H2,1-25H3,(H,66,79)(H,67,78)(H,68,80)(H,69,81)/b28-26+/t43-,44-,45+,46-,47-,48-,49-,50+,51+,53-,54-/m1/s1. The van der Waals surface area contributed by atoms with Gasteiger partial charge in [0.15, 0.2) is 0 Å². The molecule has 1 rings (SSSR count). The average molecular weight is 1280 g/mol. The fourth-order valence-corrected chi connectivity index (χ4v) is 11.4. The molecule has 0 aliphatic carbocycles. The highest BCUT2D eigenvalue weighted by molar-refractivity contribution is 7.98. The Labute approximate surface area is 538 Å². The number of allylic oxidation sites excluding steroid dienone is 2. The van der Waals surface area contributed by atoms with Crippen LogP contribution in [0, 0.1) is 35.5 Å². The molecule has 0 bridgehead atoms. The van der Waals surface area contributed by atoms with Crippen LogP contribution in [0.1, 0.15) is 169 Å². The third-order valence-electron chi connectivity index (χ3n) is 16.8. The lowest BCUT2D eigenvalue weighted by Gasteiger charge is -2.41. The number of nitrogens with one attached hydrogen (secondary N) is 4. The van der Waals surface area contributed by atoms with Gasteiger partial charge in [-0.15, -0.1) is 11.8 Å². The molecule has 0 spiro atoms. The number of amides is 11. The second-order valence-corrected chi connectivity index (χ2v) is 28.1. The van der Waals surface area contributed by atoms with E-state index in [0.717, 1.165) is 4.90 Å². The van der Waals surface area contributed by atoms with Crippen LogP contribution in [0.4, 0.5) is 0 Å².